The van der Waals surface area contributed by atoms with E-state index < -0.39 is 6.09 Å². The van der Waals surface area contributed by atoms with Gasteiger partial charge in [-0.3, -0.25) is 4.90 Å². The number of anilines is 1. The Balaban J connectivity index is 3.18. The van der Waals surface area contributed by atoms with Crippen LogP contribution >= 0.6 is 0 Å². The van der Waals surface area contributed by atoms with Crippen LogP contribution < -0.4 is 4.90 Å². The first-order chi connectivity index (χ1) is 7.47. The van der Waals surface area contributed by atoms with Gasteiger partial charge in [-0.05, 0) is 49.9 Å². The quantitative estimate of drug-likeness (QED) is 0.848. The van der Waals surface area contributed by atoms with E-state index in [-0.39, 0.29) is 0 Å². The Hall–Kier alpha value is -1.51. The van der Waals surface area contributed by atoms with E-state index in [4.69, 9.17) is 5.11 Å². The number of carboxylic acid groups (broad SMARTS) is 1. The predicted octanol–water partition coefficient (Wildman–Crippen LogP) is 3.51. The molecule has 1 rings (SSSR count). The molecule has 1 amide bonds. The molecule has 0 aliphatic carbocycles. The van der Waals surface area contributed by atoms with Crippen molar-refractivity contribution in [3.8, 4) is 0 Å². The van der Waals surface area contributed by atoms with Gasteiger partial charge in [-0.2, -0.15) is 0 Å². The van der Waals surface area contributed by atoms with E-state index in [0.717, 1.165) is 23.2 Å². The summed E-state index contributed by atoms with van der Waals surface area (Å²) in [6.45, 7) is 8.51. The minimum absolute atomic E-state index is 0.540. The lowest BCUT2D eigenvalue weighted by molar-refractivity contribution is 0.201. The van der Waals surface area contributed by atoms with Crippen LogP contribution in [0.3, 0.4) is 0 Å². The SMILES string of the molecule is CCCN(C(=O)O)c1cc(C)c(C)cc1C. The van der Waals surface area contributed by atoms with Gasteiger partial charge in [0.25, 0.3) is 0 Å². The lowest BCUT2D eigenvalue weighted by atomic mass is 10.0. The van der Waals surface area contributed by atoms with Crippen LogP contribution in [0.5, 0.6) is 0 Å². The maximum Gasteiger partial charge on any atom is 0.411 e. The van der Waals surface area contributed by atoms with Gasteiger partial charge in [0.2, 0.25) is 0 Å². The fraction of sp³-hybridized carbons (Fsp3) is 0.462. The molecule has 0 spiro atoms. The molecule has 3 nitrogen and oxygen atoms in total. The van der Waals surface area contributed by atoms with Gasteiger partial charge in [-0.25, -0.2) is 4.79 Å². The lowest BCUT2D eigenvalue weighted by Gasteiger charge is -2.21. The Morgan fingerprint density at radius 1 is 1.19 bits per heavy atom. The van der Waals surface area contributed by atoms with Crippen molar-refractivity contribution in [3.63, 3.8) is 0 Å². The molecule has 3 heteroatoms. The predicted molar refractivity (Wildman–Crippen MR) is 66.3 cm³/mol. The monoisotopic (exact) mass is 221 g/mol. The summed E-state index contributed by atoms with van der Waals surface area (Å²) in [7, 11) is 0. The number of nitrogens with zero attached hydrogens (tertiary/aromatic N) is 1. The molecule has 16 heavy (non-hydrogen) atoms. The lowest BCUT2D eigenvalue weighted by Crippen LogP contribution is -2.30. The molecule has 0 saturated carbocycles. The molecule has 88 valence electrons. The molecular formula is C13H19NO2. The van der Waals surface area contributed by atoms with Gasteiger partial charge >= 0.3 is 6.09 Å². The average molecular weight is 221 g/mol. The standard InChI is InChI=1S/C13H19NO2/c1-5-6-14(13(15)16)12-8-10(3)9(2)7-11(12)4/h7-8H,5-6H2,1-4H3,(H,15,16). The second kappa shape index (κ2) is 5.01. The molecule has 0 radical (unpaired) electrons. The third kappa shape index (κ3) is 2.54. The number of hydrogen-bond acceptors (Lipinski definition) is 1. The molecule has 1 aromatic carbocycles. The van der Waals surface area contributed by atoms with Crippen molar-refractivity contribution in [3.05, 3.63) is 28.8 Å². The fourth-order valence-electron chi connectivity index (χ4n) is 1.78. The molecule has 0 saturated heterocycles. The highest BCUT2D eigenvalue weighted by molar-refractivity contribution is 5.87. The molecule has 0 bridgehead atoms. The summed E-state index contributed by atoms with van der Waals surface area (Å²) in [5, 5.41) is 9.17. The van der Waals surface area contributed by atoms with E-state index in [2.05, 4.69) is 0 Å². The Morgan fingerprint density at radius 3 is 2.25 bits per heavy atom. The fourth-order valence-corrected chi connectivity index (χ4v) is 1.78. The Kier molecular flexibility index (Phi) is 3.93. The molecule has 1 N–H and O–H groups in total. The van der Waals surface area contributed by atoms with Crippen molar-refractivity contribution in [2.24, 2.45) is 0 Å². The Morgan fingerprint density at radius 2 is 1.75 bits per heavy atom. The van der Waals surface area contributed by atoms with Gasteiger partial charge in [0.1, 0.15) is 0 Å². The molecule has 0 aliphatic heterocycles. The van der Waals surface area contributed by atoms with Crippen LogP contribution in [0.2, 0.25) is 0 Å². The normalized spacial score (nSPS) is 10.2. The first-order valence-electron chi connectivity index (χ1n) is 5.55. The van der Waals surface area contributed by atoms with Crippen LogP contribution in [0.15, 0.2) is 12.1 Å². The summed E-state index contributed by atoms with van der Waals surface area (Å²) in [5.74, 6) is 0. The van der Waals surface area contributed by atoms with Crippen molar-refractivity contribution < 1.29 is 9.90 Å². The number of benzene rings is 1. The minimum Gasteiger partial charge on any atom is -0.465 e. The van der Waals surface area contributed by atoms with Gasteiger partial charge in [0.15, 0.2) is 0 Å². The molecule has 0 fully saturated rings. The zero-order valence-electron chi connectivity index (χ0n) is 10.4. The first kappa shape index (κ1) is 12.6. The first-order valence-corrected chi connectivity index (χ1v) is 5.55. The molecule has 0 aromatic heterocycles. The topological polar surface area (TPSA) is 40.5 Å². The van der Waals surface area contributed by atoms with Crippen LogP contribution in [-0.2, 0) is 0 Å². The van der Waals surface area contributed by atoms with E-state index in [9.17, 15) is 4.79 Å². The summed E-state index contributed by atoms with van der Waals surface area (Å²) in [4.78, 5) is 12.6. The molecule has 0 unspecified atom stereocenters. The van der Waals surface area contributed by atoms with Crippen molar-refractivity contribution >= 4 is 11.8 Å². The zero-order chi connectivity index (χ0) is 12.3. The number of amides is 1. The largest absolute Gasteiger partial charge is 0.465 e. The van der Waals surface area contributed by atoms with Crippen LogP contribution in [0.1, 0.15) is 30.0 Å². The third-order valence-corrected chi connectivity index (χ3v) is 2.78. The number of rotatable bonds is 3. The molecule has 0 atom stereocenters. The van der Waals surface area contributed by atoms with Crippen molar-refractivity contribution in [2.45, 2.75) is 34.1 Å². The molecule has 0 aliphatic rings. The van der Waals surface area contributed by atoms with Gasteiger partial charge in [0.05, 0.1) is 5.69 Å². The Labute approximate surface area is 96.7 Å². The van der Waals surface area contributed by atoms with E-state index in [0.29, 0.717) is 6.54 Å². The van der Waals surface area contributed by atoms with E-state index in [1.807, 2.05) is 39.8 Å². The summed E-state index contributed by atoms with van der Waals surface area (Å²) in [6.07, 6.45) is -0.0632. The maximum absolute atomic E-state index is 11.2. The van der Waals surface area contributed by atoms with Crippen molar-refractivity contribution in [1.82, 2.24) is 0 Å². The average Bonchev–Trinajstić information content (AvgIpc) is 2.20. The zero-order valence-corrected chi connectivity index (χ0v) is 10.4. The minimum atomic E-state index is -0.881. The van der Waals surface area contributed by atoms with Gasteiger partial charge < -0.3 is 5.11 Å². The third-order valence-electron chi connectivity index (χ3n) is 2.78. The number of carbonyl (C=O) groups is 1. The van der Waals surface area contributed by atoms with Crippen molar-refractivity contribution in [1.29, 1.82) is 0 Å². The smallest absolute Gasteiger partial charge is 0.411 e. The second-order valence-corrected chi connectivity index (χ2v) is 4.16. The molecular weight excluding hydrogens is 202 g/mol. The highest BCUT2D eigenvalue weighted by Crippen LogP contribution is 2.24. The van der Waals surface area contributed by atoms with Crippen LogP contribution in [0.25, 0.3) is 0 Å². The molecule has 0 heterocycles. The van der Waals surface area contributed by atoms with E-state index >= 15 is 0 Å². The highest BCUT2D eigenvalue weighted by Gasteiger charge is 2.15. The van der Waals surface area contributed by atoms with Crippen LogP contribution in [-0.4, -0.2) is 17.7 Å². The maximum atomic E-state index is 11.2. The summed E-state index contributed by atoms with van der Waals surface area (Å²) >= 11 is 0. The Bertz CT molecular complexity index is 399. The number of hydrogen-bond donors (Lipinski definition) is 1. The van der Waals surface area contributed by atoms with Gasteiger partial charge in [-0.1, -0.05) is 13.0 Å². The summed E-state index contributed by atoms with van der Waals surface area (Å²) in [6, 6.07) is 3.99. The summed E-state index contributed by atoms with van der Waals surface area (Å²) < 4.78 is 0. The van der Waals surface area contributed by atoms with E-state index in [1.165, 1.54) is 10.5 Å². The molecule has 1 aromatic rings. The van der Waals surface area contributed by atoms with Crippen LogP contribution in [0.4, 0.5) is 10.5 Å². The van der Waals surface area contributed by atoms with Gasteiger partial charge in [-0.15, -0.1) is 0 Å². The highest BCUT2D eigenvalue weighted by atomic mass is 16.4. The summed E-state index contributed by atoms with van der Waals surface area (Å²) in [5.41, 5.74) is 4.14. The van der Waals surface area contributed by atoms with Gasteiger partial charge in [0, 0.05) is 6.54 Å². The second-order valence-electron chi connectivity index (χ2n) is 4.16. The van der Waals surface area contributed by atoms with Crippen LogP contribution in [0, 0.1) is 20.8 Å². The van der Waals surface area contributed by atoms with Crippen molar-refractivity contribution in [2.75, 3.05) is 11.4 Å². The number of aryl methyl sites for hydroxylation is 3. The van der Waals surface area contributed by atoms with E-state index in [1.54, 1.807) is 0 Å².